The van der Waals surface area contributed by atoms with Crippen molar-refractivity contribution < 1.29 is 5.11 Å². The summed E-state index contributed by atoms with van der Waals surface area (Å²) in [6, 6.07) is 9.90. The molecule has 1 heterocycles. The third-order valence-corrected chi connectivity index (χ3v) is 4.73. The molecule has 3 atom stereocenters. The predicted molar refractivity (Wildman–Crippen MR) is 82.1 cm³/mol. The van der Waals surface area contributed by atoms with Crippen LogP contribution in [0.3, 0.4) is 0 Å². The van der Waals surface area contributed by atoms with Crippen LogP contribution in [0.4, 0.5) is 0 Å². The molecule has 21 heavy (non-hydrogen) atoms. The highest BCUT2D eigenvalue weighted by atomic mass is 16.3. The largest absolute Gasteiger partial charge is 0.386 e. The molecule has 0 amide bonds. The maximum Gasteiger partial charge on any atom is 0.101 e. The number of nitrogens with zero attached hydrogens (tertiary/aromatic N) is 3. The molecule has 0 saturated heterocycles. The van der Waals surface area contributed by atoms with Crippen molar-refractivity contribution in [2.24, 2.45) is 11.8 Å². The van der Waals surface area contributed by atoms with Gasteiger partial charge in [0, 0.05) is 0 Å². The average molecular weight is 285 g/mol. The predicted octanol–water partition coefficient (Wildman–Crippen LogP) is 3.52. The van der Waals surface area contributed by atoms with E-state index in [1.165, 1.54) is 19.3 Å². The lowest BCUT2D eigenvalue weighted by atomic mass is 9.77. The highest BCUT2D eigenvalue weighted by Gasteiger charge is 2.29. The van der Waals surface area contributed by atoms with Gasteiger partial charge in [0.25, 0.3) is 0 Å². The van der Waals surface area contributed by atoms with E-state index in [1.54, 1.807) is 10.9 Å². The van der Waals surface area contributed by atoms with Gasteiger partial charge >= 0.3 is 0 Å². The van der Waals surface area contributed by atoms with E-state index in [0.717, 1.165) is 30.1 Å². The Morgan fingerprint density at radius 2 is 2.10 bits per heavy atom. The minimum atomic E-state index is -0.477. The van der Waals surface area contributed by atoms with Gasteiger partial charge in [-0.1, -0.05) is 49.6 Å². The summed E-state index contributed by atoms with van der Waals surface area (Å²) in [7, 11) is 0. The molecule has 1 aromatic heterocycles. The molecular weight excluding hydrogens is 262 g/mol. The van der Waals surface area contributed by atoms with E-state index in [1.807, 2.05) is 30.3 Å². The van der Waals surface area contributed by atoms with Crippen LogP contribution in [-0.2, 0) is 0 Å². The Labute approximate surface area is 125 Å². The van der Waals surface area contributed by atoms with Gasteiger partial charge in [-0.2, -0.15) is 0 Å². The molecule has 0 bridgehead atoms. The second-order valence-corrected chi connectivity index (χ2v) is 6.05. The second-order valence-electron chi connectivity index (χ2n) is 6.05. The van der Waals surface area contributed by atoms with Crippen LogP contribution in [-0.4, -0.2) is 20.1 Å². The van der Waals surface area contributed by atoms with Crippen LogP contribution in [0.5, 0.6) is 0 Å². The average Bonchev–Trinajstić information content (AvgIpc) is 3.04. The minimum absolute atomic E-state index is 0.324. The molecular formula is C17H23N3O. The smallest absolute Gasteiger partial charge is 0.101 e. The van der Waals surface area contributed by atoms with Crippen LogP contribution in [0.2, 0.25) is 0 Å². The van der Waals surface area contributed by atoms with Crippen LogP contribution >= 0.6 is 0 Å². The molecule has 1 N–H and O–H groups in total. The maximum atomic E-state index is 10.8. The summed E-state index contributed by atoms with van der Waals surface area (Å²) in [5.41, 5.74) is 1.76. The lowest BCUT2D eigenvalue weighted by Gasteiger charge is -2.31. The molecule has 1 aromatic carbocycles. The van der Waals surface area contributed by atoms with Crippen LogP contribution in [0.25, 0.3) is 5.69 Å². The number of aliphatic hydroxyl groups is 1. The van der Waals surface area contributed by atoms with Gasteiger partial charge in [-0.3, -0.25) is 0 Å². The van der Waals surface area contributed by atoms with Crippen molar-refractivity contribution in [1.29, 1.82) is 0 Å². The first-order chi connectivity index (χ1) is 10.3. The zero-order valence-electron chi connectivity index (χ0n) is 12.5. The maximum absolute atomic E-state index is 10.8. The van der Waals surface area contributed by atoms with E-state index in [2.05, 4.69) is 17.2 Å². The van der Waals surface area contributed by atoms with Gasteiger partial charge in [0.15, 0.2) is 0 Å². The molecule has 3 rings (SSSR count). The molecule has 0 spiro atoms. The third-order valence-electron chi connectivity index (χ3n) is 4.73. The summed E-state index contributed by atoms with van der Waals surface area (Å²) in [5, 5.41) is 18.9. The summed E-state index contributed by atoms with van der Waals surface area (Å²) >= 11 is 0. The zero-order chi connectivity index (χ0) is 14.7. The number of benzene rings is 1. The monoisotopic (exact) mass is 285 g/mol. The van der Waals surface area contributed by atoms with Crippen molar-refractivity contribution >= 4 is 0 Å². The van der Waals surface area contributed by atoms with E-state index in [9.17, 15) is 5.11 Å². The van der Waals surface area contributed by atoms with Crippen molar-refractivity contribution in [2.75, 3.05) is 0 Å². The van der Waals surface area contributed by atoms with E-state index in [-0.39, 0.29) is 0 Å². The minimum Gasteiger partial charge on any atom is -0.386 e. The molecule has 3 unspecified atom stereocenters. The van der Waals surface area contributed by atoms with Crippen LogP contribution < -0.4 is 0 Å². The molecule has 0 aliphatic heterocycles. The Kier molecular flexibility index (Phi) is 4.34. The van der Waals surface area contributed by atoms with E-state index < -0.39 is 6.10 Å². The summed E-state index contributed by atoms with van der Waals surface area (Å²) < 4.78 is 1.76. The summed E-state index contributed by atoms with van der Waals surface area (Å²) in [6.45, 7) is 2.25. The summed E-state index contributed by atoms with van der Waals surface area (Å²) in [4.78, 5) is 0. The fourth-order valence-electron chi connectivity index (χ4n) is 3.45. The molecule has 1 fully saturated rings. The van der Waals surface area contributed by atoms with Gasteiger partial charge in [-0.05, 0) is 36.8 Å². The van der Waals surface area contributed by atoms with Crippen LogP contribution in [0.1, 0.15) is 50.8 Å². The number of aromatic nitrogens is 3. The fraction of sp³-hybridized carbons (Fsp3) is 0.529. The first kappa shape index (κ1) is 14.3. The van der Waals surface area contributed by atoms with Crippen molar-refractivity contribution in [2.45, 2.75) is 45.1 Å². The Morgan fingerprint density at radius 3 is 2.86 bits per heavy atom. The third kappa shape index (κ3) is 3.00. The fourth-order valence-corrected chi connectivity index (χ4v) is 3.45. The topological polar surface area (TPSA) is 50.9 Å². The molecule has 0 radical (unpaired) electrons. The lowest BCUT2D eigenvalue weighted by molar-refractivity contribution is 0.0626. The molecule has 112 valence electrons. The Balaban J connectivity index is 1.82. The zero-order valence-corrected chi connectivity index (χ0v) is 12.5. The first-order valence-corrected chi connectivity index (χ1v) is 7.93. The van der Waals surface area contributed by atoms with Crippen LogP contribution in [0.15, 0.2) is 36.5 Å². The highest BCUT2D eigenvalue weighted by molar-refractivity contribution is 5.32. The normalized spacial score (nSPS) is 23.9. The lowest BCUT2D eigenvalue weighted by Crippen LogP contribution is -2.23. The van der Waals surface area contributed by atoms with E-state index >= 15 is 0 Å². The first-order valence-electron chi connectivity index (χ1n) is 7.93. The number of hydrogen-bond donors (Lipinski definition) is 1. The summed E-state index contributed by atoms with van der Waals surface area (Å²) in [5.74, 6) is 1.07. The number of aliphatic hydroxyl groups excluding tert-OH is 1. The number of hydrogen-bond acceptors (Lipinski definition) is 3. The van der Waals surface area contributed by atoms with Crippen molar-refractivity contribution in [1.82, 2.24) is 15.0 Å². The van der Waals surface area contributed by atoms with Gasteiger partial charge in [-0.25, -0.2) is 4.68 Å². The quantitative estimate of drug-likeness (QED) is 0.935. The Hall–Kier alpha value is -1.68. The molecule has 1 saturated carbocycles. The van der Waals surface area contributed by atoms with Crippen molar-refractivity contribution in [3.05, 3.63) is 42.2 Å². The molecule has 2 aromatic rings. The van der Waals surface area contributed by atoms with Crippen molar-refractivity contribution in [3.63, 3.8) is 0 Å². The van der Waals surface area contributed by atoms with E-state index in [0.29, 0.717) is 5.92 Å². The van der Waals surface area contributed by atoms with E-state index in [4.69, 9.17) is 0 Å². The molecule has 4 nitrogen and oxygen atoms in total. The SMILES string of the molecule is CCC1CCCC(C(O)c2cnnn2-c2ccccc2)C1. The van der Waals surface area contributed by atoms with Crippen molar-refractivity contribution in [3.8, 4) is 5.69 Å². The Morgan fingerprint density at radius 1 is 1.29 bits per heavy atom. The molecule has 1 aliphatic rings. The summed E-state index contributed by atoms with van der Waals surface area (Å²) in [6.07, 6.45) is 7.15. The number of rotatable bonds is 4. The van der Waals surface area contributed by atoms with Crippen LogP contribution in [0, 0.1) is 11.8 Å². The van der Waals surface area contributed by atoms with Gasteiger partial charge in [-0.15, -0.1) is 5.10 Å². The molecule has 1 aliphatic carbocycles. The molecule has 4 heteroatoms. The second kappa shape index (κ2) is 6.39. The van der Waals surface area contributed by atoms with Gasteiger partial charge < -0.3 is 5.11 Å². The Bertz CT molecular complexity index is 566. The number of para-hydroxylation sites is 1. The van der Waals surface area contributed by atoms with Gasteiger partial charge in [0.1, 0.15) is 6.10 Å². The van der Waals surface area contributed by atoms with Gasteiger partial charge in [0.2, 0.25) is 0 Å². The standard InChI is InChI=1S/C17H23N3O/c1-2-13-7-6-8-14(11-13)17(21)16-12-18-19-20(16)15-9-4-3-5-10-15/h3-5,9-10,12-14,17,21H,2,6-8,11H2,1H3. The highest BCUT2D eigenvalue weighted by Crippen LogP contribution is 2.38. The van der Waals surface area contributed by atoms with Gasteiger partial charge in [0.05, 0.1) is 17.6 Å².